The van der Waals surface area contributed by atoms with E-state index in [1.807, 2.05) is 26.8 Å². The molecule has 0 saturated carbocycles. The van der Waals surface area contributed by atoms with Crippen LogP contribution in [-0.2, 0) is 11.3 Å². The Morgan fingerprint density at radius 1 is 1.32 bits per heavy atom. The number of carbonyl (C=O) groups excluding carboxylic acids is 1. The lowest BCUT2D eigenvalue weighted by molar-refractivity contribution is 0.0691. The fourth-order valence-electron chi connectivity index (χ4n) is 2.58. The number of aromatic nitrogens is 2. The topological polar surface area (TPSA) is 114 Å². The van der Waals surface area contributed by atoms with Gasteiger partial charge in [-0.25, -0.2) is 9.97 Å². The molecule has 1 amide bonds. The highest BCUT2D eigenvalue weighted by atomic mass is 16.5. The summed E-state index contributed by atoms with van der Waals surface area (Å²) in [5, 5.41) is 22.1. The monoisotopic (exact) mass is 387 g/mol. The minimum absolute atomic E-state index is 0.102. The van der Waals surface area contributed by atoms with Crippen LogP contribution in [0.5, 0.6) is 11.6 Å². The normalized spacial score (nSPS) is 12.8. The van der Waals surface area contributed by atoms with E-state index in [0.717, 1.165) is 11.1 Å². The fraction of sp³-hybridized carbons (Fsp3) is 0.421. The third-order valence-electron chi connectivity index (χ3n) is 3.96. The van der Waals surface area contributed by atoms with Crippen LogP contribution in [0, 0.1) is 6.92 Å². The van der Waals surface area contributed by atoms with Crippen LogP contribution in [0.2, 0.25) is 0 Å². The Bertz CT molecular complexity index is 822. The summed E-state index contributed by atoms with van der Waals surface area (Å²) in [5.41, 5.74) is 1.51. The molecule has 8 nitrogen and oxygen atoms in total. The van der Waals surface area contributed by atoms with Crippen LogP contribution in [0.1, 0.15) is 49.3 Å². The predicted molar refractivity (Wildman–Crippen MR) is 106 cm³/mol. The molecular formula is C19H26BN3O5. The van der Waals surface area contributed by atoms with Gasteiger partial charge in [0.05, 0.1) is 24.6 Å². The van der Waals surface area contributed by atoms with E-state index in [1.165, 1.54) is 12.4 Å². The lowest BCUT2D eigenvalue weighted by Gasteiger charge is -2.17. The van der Waals surface area contributed by atoms with Crippen molar-refractivity contribution >= 4 is 18.5 Å². The van der Waals surface area contributed by atoms with Gasteiger partial charge in [0.2, 0.25) is 5.88 Å². The lowest BCUT2D eigenvalue weighted by Crippen LogP contribution is -2.38. The van der Waals surface area contributed by atoms with Crippen LogP contribution in [0.25, 0.3) is 0 Å². The van der Waals surface area contributed by atoms with Crippen molar-refractivity contribution in [2.75, 3.05) is 6.54 Å². The summed E-state index contributed by atoms with van der Waals surface area (Å²) in [6, 6.07) is 3.61. The van der Waals surface area contributed by atoms with Gasteiger partial charge in [-0.15, -0.1) is 0 Å². The molecule has 3 N–H and O–H groups in total. The molecule has 2 aromatic rings. The van der Waals surface area contributed by atoms with Crippen LogP contribution >= 0.6 is 0 Å². The molecule has 0 spiro atoms. The Kier molecular flexibility index (Phi) is 7.12. The summed E-state index contributed by atoms with van der Waals surface area (Å²) in [4.78, 5) is 20.1. The average Bonchev–Trinajstić information content (AvgIpc) is 3.05. The predicted octanol–water partition coefficient (Wildman–Crippen LogP) is 1.32. The molecule has 2 heterocycles. The van der Waals surface area contributed by atoms with E-state index in [1.54, 1.807) is 19.9 Å². The minimum Gasteiger partial charge on any atom is -0.437 e. The van der Waals surface area contributed by atoms with E-state index < -0.39 is 18.6 Å². The zero-order valence-corrected chi connectivity index (χ0v) is 16.8. The molecule has 3 rings (SSSR count). The number of fused-ring (bicyclic) bond motifs is 1. The van der Waals surface area contributed by atoms with Crippen LogP contribution in [0.3, 0.4) is 0 Å². The first kappa shape index (κ1) is 21.8. The average molecular weight is 387 g/mol. The second-order valence-corrected chi connectivity index (χ2v) is 6.76. The van der Waals surface area contributed by atoms with Gasteiger partial charge in [0.15, 0.2) is 0 Å². The first-order chi connectivity index (χ1) is 13.2. The van der Waals surface area contributed by atoms with Crippen molar-refractivity contribution in [1.29, 1.82) is 0 Å². The molecule has 0 aliphatic carbocycles. The number of carbonyl (C=O) groups is 1. The molecule has 0 fully saturated rings. The molecule has 9 heteroatoms. The van der Waals surface area contributed by atoms with Crippen molar-refractivity contribution in [3.8, 4) is 11.6 Å². The Morgan fingerprint density at radius 3 is 2.64 bits per heavy atom. The van der Waals surface area contributed by atoms with Crippen LogP contribution in [0.4, 0.5) is 0 Å². The summed E-state index contributed by atoms with van der Waals surface area (Å²) in [7, 11) is -0.957. The molecule has 28 heavy (non-hydrogen) atoms. The molecular weight excluding hydrogens is 361 g/mol. The number of aliphatic hydroxyl groups is 1. The van der Waals surface area contributed by atoms with E-state index in [2.05, 4.69) is 15.3 Å². The maximum absolute atomic E-state index is 12.0. The first-order valence-electron chi connectivity index (χ1n) is 9.17. The van der Waals surface area contributed by atoms with Gasteiger partial charge in [-0.05, 0) is 43.4 Å². The van der Waals surface area contributed by atoms with Crippen LogP contribution in [0.15, 0.2) is 24.5 Å². The maximum atomic E-state index is 12.0. The molecule has 1 aromatic heterocycles. The smallest absolute Gasteiger partial charge is 0.437 e. The summed E-state index contributed by atoms with van der Waals surface area (Å²) in [5.74, 6) is 0.322. The molecule has 0 unspecified atom stereocenters. The number of nitrogens with one attached hydrogen (secondary N) is 1. The highest BCUT2D eigenvalue weighted by Crippen LogP contribution is 2.25. The summed E-state index contributed by atoms with van der Waals surface area (Å²) >= 11 is 0. The zero-order chi connectivity index (χ0) is 20.9. The number of amides is 1. The summed E-state index contributed by atoms with van der Waals surface area (Å²) in [6.45, 7) is 9.49. The number of benzene rings is 1. The van der Waals surface area contributed by atoms with Crippen LogP contribution in [-0.4, -0.2) is 45.3 Å². The Hall–Kier alpha value is -2.49. The number of rotatable bonds is 5. The van der Waals surface area contributed by atoms with Gasteiger partial charge >= 0.3 is 7.12 Å². The van der Waals surface area contributed by atoms with Crippen molar-refractivity contribution in [3.63, 3.8) is 0 Å². The third kappa shape index (κ3) is 5.28. The zero-order valence-electron chi connectivity index (χ0n) is 16.8. The van der Waals surface area contributed by atoms with Crippen molar-refractivity contribution < 1.29 is 24.3 Å². The maximum Gasteiger partial charge on any atom is 0.492 e. The second-order valence-electron chi connectivity index (χ2n) is 6.76. The van der Waals surface area contributed by atoms with Crippen molar-refractivity contribution in [2.24, 2.45) is 0 Å². The van der Waals surface area contributed by atoms with E-state index >= 15 is 0 Å². The van der Waals surface area contributed by atoms with E-state index in [9.17, 15) is 14.9 Å². The summed E-state index contributed by atoms with van der Waals surface area (Å²) in [6.07, 6.45) is 2.65. The SMILES string of the molecule is CC.Cc1c(Oc2cnc(C(=O)NCC(C)(C)O)cn2)ccc2c1B(O)OC2. The van der Waals surface area contributed by atoms with Crippen molar-refractivity contribution in [1.82, 2.24) is 15.3 Å². The number of nitrogens with zero attached hydrogens (tertiary/aromatic N) is 2. The Morgan fingerprint density at radius 2 is 2.04 bits per heavy atom. The fourth-order valence-corrected chi connectivity index (χ4v) is 2.58. The highest BCUT2D eigenvalue weighted by molar-refractivity contribution is 6.62. The Balaban J connectivity index is 0.00000136. The largest absolute Gasteiger partial charge is 0.492 e. The molecule has 1 aliphatic rings. The second kappa shape index (κ2) is 9.14. The molecule has 1 aromatic carbocycles. The molecule has 0 saturated heterocycles. The van der Waals surface area contributed by atoms with Gasteiger partial charge in [-0.1, -0.05) is 19.9 Å². The van der Waals surface area contributed by atoms with Crippen molar-refractivity contribution in [3.05, 3.63) is 41.3 Å². The van der Waals surface area contributed by atoms with E-state index in [-0.39, 0.29) is 18.1 Å². The molecule has 0 bridgehead atoms. The quantitative estimate of drug-likeness (QED) is 0.663. The van der Waals surface area contributed by atoms with Crippen molar-refractivity contribution in [2.45, 2.75) is 46.8 Å². The van der Waals surface area contributed by atoms with Gasteiger partial charge in [-0.3, -0.25) is 4.79 Å². The summed E-state index contributed by atoms with van der Waals surface area (Å²) < 4.78 is 10.9. The lowest BCUT2D eigenvalue weighted by atomic mass is 9.76. The number of hydrogen-bond acceptors (Lipinski definition) is 7. The Labute approximate surface area is 165 Å². The van der Waals surface area contributed by atoms with Gasteiger partial charge in [0, 0.05) is 6.54 Å². The molecule has 1 aliphatic heterocycles. The molecule has 150 valence electrons. The number of hydrogen-bond donors (Lipinski definition) is 3. The minimum atomic E-state index is -1.01. The standard InChI is InChI=1S/C17H20BN3O5.C2H6/c1-10-13(5-4-11-8-25-18(24)15(10)11)26-14-7-19-12(6-20-14)16(22)21-9-17(2,3)23;1-2/h4-7,23-24H,8-9H2,1-3H3,(H,21,22);1-2H3. The molecule has 0 atom stereocenters. The van der Waals surface area contributed by atoms with E-state index in [4.69, 9.17) is 9.39 Å². The van der Waals surface area contributed by atoms with Gasteiger partial charge in [-0.2, -0.15) is 0 Å². The van der Waals surface area contributed by atoms with Gasteiger partial charge in [0.1, 0.15) is 11.4 Å². The van der Waals surface area contributed by atoms with Crippen LogP contribution < -0.4 is 15.5 Å². The van der Waals surface area contributed by atoms with E-state index in [0.29, 0.717) is 17.8 Å². The number of ether oxygens (including phenoxy) is 1. The van der Waals surface area contributed by atoms with Gasteiger partial charge in [0.25, 0.3) is 5.91 Å². The molecule has 0 radical (unpaired) electrons. The highest BCUT2D eigenvalue weighted by Gasteiger charge is 2.30. The third-order valence-corrected chi connectivity index (χ3v) is 3.96. The first-order valence-corrected chi connectivity index (χ1v) is 9.17. The van der Waals surface area contributed by atoms with Gasteiger partial charge < -0.3 is 24.8 Å².